The van der Waals surface area contributed by atoms with E-state index < -0.39 is 0 Å². The van der Waals surface area contributed by atoms with Crippen molar-refractivity contribution in [1.82, 2.24) is 0 Å². The molecule has 2 rings (SSSR count). The van der Waals surface area contributed by atoms with Gasteiger partial charge in [0.1, 0.15) is 0 Å². The molecule has 0 saturated carbocycles. The number of rotatable bonds is 16. The predicted molar refractivity (Wildman–Crippen MR) is 132 cm³/mol. The van der Waals surface area contributed by atoms with Gasteiger partial charge < -0.3 is 0 Å². The molecule has 0 aliphatic rings. The molecular formula is C29H46. The van der Waals surface area contributed by atoms with Crippen LogP contribution in [0.2, 0.25) is 0 Å². The summed E-state index contributed by atoms with van der Waals surface area (Å²) >= 11 is 0. The summed E-state index contributed by atoms with van der Waals surface area (Å²) in [6.45, 7) is 6.87. The molecule has 2 aromatic rings. The third kappa shape index (κ3) is 9.83. The maximum Gasteiger partial charge on any atom is -0.0181 e. The first-order valence-electron chi connectivity index (χ1n) is 12.7. The van der Waals surface area contributed by atoms with Crippen LogP contribution in [0, 0.1) is 6.92 Å². The third-order valence-corrected chi connectivity index (χ3v) is 6.58. The Morgan fingerprint density at radius 2 is 1.07 bits per heavy atom. The molecule has 0 aromatic heterocycles. The van der Waals surface area contributed by atoms with E-state index in [-0.39, 0.29) is 0 Å². The minimum atomic E-state index is 0.679. The second-order valence-corrected chi connectivity index (χ2v) is 9.40. The Kier molecular flexibility index (Phi) is 12.1. The molecule has 0 N–H and O–H groups in total. The molecule has 29 heavy (non-hydrogen) atoms. The standard InChI is InChI=1S/C29H46/c1-4-5-6-7-8-9-10-11-12-13-14-15-16-17-18-26(3)27-21-22-28-23-25(2)19-20-29(28)24-27/h19-24,26H,4-18H2,1-3H3. The van der Waals surface area contributed by atoms with E-state index in [2.05, 4.69) is 57.2 Å². The third-order valence-electron chi connectivity index (χ3n) is 6.58. The number of fused-ring (bicyclic) bond motifs is 1. The van der Waals surface area contributed by atoms with Crippen molar-refractivity contribution in [3.63, 3.8) is 0 Å². The molecule has 1 unspecified atom stereocenters. The highest BCUT2D eigenvalue weighted by atomic mass is 14.1. The van der Waals surface area contributed by atoms with Gasteiger partial charge >= 0.3 is 0 Å². The zero-order valence-corrected chi connectivity index (χ0v) is 19.6. The number of hydrogen-bond acceptors (Lipinski definition) is 0. The zero-order valence-electron chi connectivity index (χ0n) is 19.6. The van der Waals surface area contributed by atoms with Gasteiger partial charge in [-0.3, -0.25) is 0 Å². The lowest BCUT2D eigenvalue weighted by Gasteiger charge is -2.13. The van der Waals surface area contributed by atoms with Crippen LogP contribution in [0.4, 0.5) is 0 Å². The van der Waals surface area contributed by atoms with Gasteiger partial charge in [0.25, 0.3) is 0 Å². The van der Waals surface area contributed by atoms with E-state index >= 15 is 0 Å². The fourth-order valence-corrected chi connectivity index (χ4v) is 4.50. The van der Waals surface area contributed by atoms with Crippen molar-refractivity contribution in [2.24, 2.45) is 0 Å². The van der Waals surface area contributed by atoms with Crippen molar-refractivity contribution in [3.8, 4) is 0 Å². The van der Waals surface area contributed by atoms with Gasteiger partial charge in [-0.25, -0.2) is 0 Å². The normalized spacial score (nSPS) is 12.5. The average Bonchev–Trinajstić information content (AvgIpc) is 2.73. The Labute approximate surface area is 181 Å². The van der Waals surface area contributed by atoms with Crippen molar-refractivity contribution in [2.75, 3.05) is 0 Å². The van der Waals surface area contributed by atoms with Crippen LogP contribution in [0.15, 0.2) is 36.4 Å². The summed E-state index contributed by atoms with van der Waals surface area (Å²) in [6.07, 6.45) is 21.5. The molecule has 0 amide bonds. The summed E-state index contributed by atoms with van der Waals surface area (Å²) in [5, 5.41) is 2.76. The van der Waals surface area contributed by atoms with E-state index in [9.17, 15) is 0 Å². The second kappa shape index (κ2) is 14.6. The van der Waals surface area contributed by atoms with Crippen LogP contribution in [-0.2, 0) is 0 Å². The van der Waals surface area contributed by atoms with E-state index in [1.54, 1.807) is 0 Å². The van der Waals surface area contributed by atoms with Gasteiger partial charge in [-0.05, 0) is 35.6 Å². The first-order chi connectivity index (χ1) is 14.2. The Morgan fingerprint density at radius 1 is 0.586 bits per heavy atom. The smallest absolute Gasteiger partial charge is 0.0181 e. The predicted octanol–water partition coefficient (Wildman–Crippen LogP) is 10.1. The van der Waals surface area contributed by atoms with Crippen LogP contribution < -0.4 is 0 Å². The zero-order chi connectivity index (χ0) is 20.7. The lowest BCUT2D eigenvalue weighted by atomic mass is 9.92. The van der Waals surface area contributed by atoms with E-state index in [0.29, 0.717) is 5.92 Å². The minimum absolute atomic E-state index is 0.679. The van der Waals surface area contributed by atoms with Crippen molar-refractivity contribution in [3.05, 3.63) is 47.5 Å². The summed E-state index contributed by atoms with van der Waals surface area (Å²) in [5.41, 5.74) is 2.86. The number of benzene rings is 2. The van der Waals surface area contributed by atoms with Crippen LogP contribution in [-0.4, -0.2) is 0 Å². The lowest BCUT2D eigenvalue weighted by Crippen LogP contribution is -1.94. The summed E-state index contributed by atoms with van der Waals surface area (Å²) in [4.78, 5) is 0. The van der Waals surface area contributed by atoms with Gasteiger partial charge in [-0.15, -0.1) is 0 Å². The van der Waals surface area contributed by atoms with E-state index in [1.165, 1.54) is 118 Å². The highest BCUT2D eigenvalue weighted by Gasteiger charge is 2.06. The van der Waals surface area contributed by atoms with Gasteiger partial charge in [-0.1, -0.05) is 146 Å². The maximum absolute atomic E-state index is 2.41. The molecule has 0 heteroatoms. The molecule has 1 atom stereocenters. The molecule has 0 aliphatic heterocycles. The van der Waals surface area contributed by atoms with Gasteiger partial charge in [0.15, 0.2) is 0 Å². The Balaban J connectivity index is 1.47. The van der Waals surface area contributed by atoms with Crippen LogP contribution in [0.1, 0.15) is 127 Å². The van der Waals surface area contributed by atoms with Gasteiger partial charge in [0.2, 0.25) is 0 Å². The quantitative estimate of drug-likeness (QED) is 0.248. The van der Waals surface area contributed by atoms with Crippen LogP contribution in [0.5, 0.6) is 0 Å². The molecule has 0 aliphatic carbocycles. The first-order valence-corrected chi connectivity index (χ1v) is 12.7. The SMILES string of the molecule is CCCCCCCCCCCCCCCCC(C)c1ccc2cc(C)ccc2c1. The molecule has 0 fully saturated rings. The monoisotopic (exact) mass is 394 g/mol. The molecule has 0 bridgehead atoms. The van der Waals surface area contributed by atoms with E-state index in [1.807, 2.05) is 0 Å². The van der Waals surface area contributed by atoms with E-state index in [0.717, 1.165) is 0 Å². The fourth-order valence-electron chi connectivity index (χ4n) is 4.50. The van der Waals surface area contributed by atoms with Crippen LogP contribution in [0.3, 0.4) is 0 Å². The molecule has 2 aromatic carbocycles. The summed E-state index contributed by atoms with van der Waals surface area (Å²) in [7, 11) is 0. The molecule has 0 heterocycles. The fraction of sp³-hybridized carbons (Fsp3) is 0.655. The van der Waals surface area contributed by atoms with Crippen molar-refractivity contribution >= 4 is 10.8 Å². The average molecular weight is 395 g/mol. The van der Waals surface area contributed by atoms with Crippen LogP contribution >= 0.6 is 0 Å². The highest BCUT2D eigenvalue weighted by molar-refractivity contribution is 5.83. The second-order valence-electron chi connectivity index (χ2n) is 9.40. The number of unbranched alkanes of at least 4 members (excludes halogenated alkanes) is 13. The summed E-state index contributed by atoms with van der Waals surface area (Å²) in [5.74, 6) is 0.679. The minimum Gasteiger partial charge on any atom is -0.0654 e. The summed E-state index contributed by atoms with van der Waals surface area (Å²) in [6, 6.07) is 13.8. The summed E-state index contributed by atoms with van der Waals surface area (Å²) < 4.78 is 0. The van der Waals surface area contributed by atoms with Crippen LogP contribution in [0.25, 0.3) is 10.8 Å². The van der Waals surface area contributed by atoms with Crippen molar-refractivity contribution in [1.29, 1.82) is 0 Å². The van der Waals surface area contributed by atoms with Crippen molar-refractivity contribution in [2.45, 2.75) is 123 Å². The number of aryl methyl sites for hydroxylation is 1. The largest absolute Gasteiger partial charge is 0.0654 e. The molecular weight excluding hydrogens is 348 g/mol. The Bertz CT molecular complexity index is 669. The molecule has 0 spiro atoms. The highest BCUT2D eigenvalue weighted by Crippen LogP contribution is 2.26. The maximum atomic E-state index is 2.41. The molecule has 0 nitrogen and oxygen atoms in total. The molecule has 0 radical (unpaired) electrons. The first kappa shape index (κ1) is 24.0. The van der Waals surface area contributed by atoms with Gasteiger partial charge in [0.05, 0.1) is 0 Å². The topological polar surface area (TPSA) is 0 Å². The molecule has 0 saturated heterocycles. The number of hydrogen-bond donors (Lipinski definition) is 0. The van der Waals surface area contributed by atoms with Crippen molar-refractivity contribution < 1.29 is 0 Å². The lowest BCUT2D eigenvalue weighted by molar-refractivity contribution is 0.524. The van der Waals surface area contributed by atoms with Gasteiger partial charge in [-0.2, -0.15) is 0 Å². The Hall–Kier alpha value is -1.30. The van der Waals surface area contributed by atoms with E-state index in [4.69, 9.17) is 0 Å². The Morgan fingerprint density at radius 3 is 1.66 bits per heavy atom. The van der Waals surface area contributed by atoms with Gasteiger partial charge in [0, 0.05) is 0 Å². The molecule has 162 valence electrons.